The Morgan fingerprint density at radius 2 is 2.04 bits per heavy atom. The van der Waals surface area contributed by atoms with Crippen LogP contribution in [0.4, 0.5) is 10.1 Å². The lowest BCUT2D eigenvalue weighted by molar-refractivity contribution is 0.102. The van der Waals surface area contributed by atoms with E-state index in [4.69, 9.17) is 9.47 Å². The zero-order chi connectivity index (χ0) is 19.2. The van der Waals surface area contributed by atoms with Gasteiger partial charge in [-0.15, -0.1) is 0 Å². The van der Waals surface area contributed by atoms with Crippen molar-refractivity contribution >= 4 is 22.6 Å². The molecule has 0 atom stereocenters. The number of aryl methyl sites for hydroxylation is 1. The quantitative estimate of drug-likeness (QED) is 0.642. The number of nitrogens with zero attached hydrogens (tertiary/aromatic N) is 2. The molecule has 0 unspecified atom stereocenters. The maximum Gasteiger partial charge on any atom is 0.274 e. The first-order chi connectivity index (χ1) is 13.1. The third-order valence-electron chi connectivity index (χ3n) is 3.89. The lowest BCUT2D eigenvalue weighted by Gasteiger charge is -2.12. The second kappa shape index (κ2) is 8.55. The number of amides is 1. The Morgan fingerprint density at radius 3 is 2.85 bits per heavy atom. The number of benzene rings is 1. The van der Waals surface area contributed by atoms with Crippen molar-refractivity contribution in [3.8, 4) is 5.75 Å². The van der Waals surface area contributed by atoms with Gasteiger partial charge in [-0.25, -0.2) is 9.37 Å². The van der Waals surface area contributed by atoms with E-state index in [1.54, 1.807) is 37.4 Å². The first kappa shape index (κ1) is 18.7. The highest BCUT2D eigenvalue weighted by atomic mass is 19.1. The van der Waals surface area contributed by atoms with Gasteiger partial charge in [0.15, 0.2) is 11.6 Å². The lowest BCUT2D eigenvalue weighted by atomic mass is 10.1. The molecule has 1 amide bonds. The van der Waals surface area contributed by atoms with E-state index < -0.39 is 11.7 Å². The highest BCUT2D eigenvalue weighted by Gasteiger charge is 2.16. The van der Waals surface area contributed by atoms with Crippen LogP contribution in [-0.4, -0.2) is 35.7 Å². The molecule has 140 valence electrons. The fourth-order valence-electron chi connectivity index (χ4n) is 2.58. The molecule has 3 aromatic rings. The predicted octanol–water partition coefficient (Wildman–Crippen LogP) is 3.74. The zero-order valence-electron chi connectivity index (χ0n) is 15.2. The number of pyridine rings is 2. The summed E-state index contributed by atoms with van der Waals surface area (Å²) in [5.74, 6) is -1.08. The smallest absolute Gasteiger partial charge is 0.274 e. The normalized spacial score (nSPS) is 10.8. The molecule has 0 aliphatic rings. The highest BCUT2D eigenvalue weighted by molar-refractivity contribution is 6.05. The molecule has 0 saturated heterocycles. The van der Waals surface area contributed by atoms with Gasteiger partial charge in [0.1, 0.15) is 12.3 Å². The summed E-state index contributed by atoms with van der Waals surface area (Å²) in [5, 5.41) is 2.57. The SMILES string of the molecule is CCOCCOc1cccc(NC(=O)c2nc3cccnc3cc2C)c1F. The number of carbonyl (C=O) groups is 1. The summed E-state index contributed by atoms with van der Waals surface area (Å²) < 4.78 is 25.1. The van der Waals surface area contributed by atoms with Gasteiger partial charge in [-0.05, 0) is 49.7 Å². The summed E-state index contributed by atoms with van der Waals surface area (Å²) in [6.45, 7) is 4.78. The second-order valence-corrected chi connectivity index (χ2v) is 5.81. The summed E-state index contributed by atoms with van der Waals surface area (Å²) in [6.07, 6.45) is 1.66. The molecule has 0 radical (unpaired) electrons. The third kappa shape index (κ3) is 4.38. The minimum absolute atomic E-state index is 0.0291. The molecule has 2 aromatic heterocycles. The Kier molecular flexibility index (Phi) is 5.93. The van der Waals surface area contributed by atoms with Gasteiger partial charge in [-0.2, -0.15) is 0 Å². The second-order valence-electron chi connectivity index (χ2n) is 5.81. The van der Waals surface area contributed by atoms with Crippen LogP contribution in [0.2, 0.25) is 0 Å². The fourth-order valence-corrected chi connectivity index (χ4v) is 2.58. The lowest BCUT2D eigenvalue weighted by Crippen LogP contribution is -2.17. The molecule has 0 bridgehead atoms. The topological polar surface area (TPSA) is 73.3 Å². The summed E-state index contributed by atoms with van der Waals surface area (Å²) in [4.78, 5) is 21.2. The van der Waals surface area contributed by atoms with Crippen molar-refractivity contribution in [1.29, 1.82) is 0 Å². The molecule has 6 nitrogen and oxygen atoms in total. The van der Waals surface area contributed by atoms with Gasteiger partial charge >= 0.3 is 0 Å². The number of nitrogens with one attached hydrogen (secondary N) is 1. The molecule has 0 aliphatic heterocycles. The predicted molar refractivity (Wildman–Crippen MR) is 101 cm³/mol. The van der Waals surface area contributed by atoms with Gasteiger partial charge in [0.05, 0.1) is 23.3 Å². The number of carbonyl (C=O) groups excluding carboxylic acids is 1. The number of ether oxygens (including phenoxy) is 2. The summed E-state index contributed by atoms with van der Waals surface area (Å²) in [7, 11) is 0. The molecule has 0 spiro atoms. The maximum absolute atomic E-state index is 14.6. The van der Waals surface area contributed by atoms with Crippen LogP contribution < -0.4 is 10.1 Å². The highest BCUT2D eigenvalue weighted by Crippen LogP contribution is 2.25. The van der Waals surface area contributed by atoms with Gasteiger partial charge in [0.25, 0.3) is 5.91 Å². The van der Waals surface area contributed by atoms with E-state index >= 15 is 0 Å². The number of anilines is 1. The molecule has 0 fully saturated rings. The molecule has 0 saturated carbocycles. The van der Waals surface area contributed by atoms with Crippen molar-refractivity contribution in [2.45, 2.75) is 13.8 Å². The molecule has 7 heteroatoms. The van der Waals surface area contributed by atoms with Gasteiger partial charge in [0.2, 0.25) is 0 Å². The number of rotatable bonds is 7. The van der Waals surface area contributed by atoms with E-state index in [9.17, 15) is 9.18 Å². The number of hydrogen-bond donors (Lipinski definition) is 1. The standard InChI is InChI=1S/C20H20FN3O3/c1-3-26-10-11-27-17-8-4-6-15(18(17)21)24-20(25)19-13(2)12-16-14(23-19)7-5-9-22-16/h4-9,12H,3,10-11H2,1-2H3,(H,24,25). The van der Waals surface area contributed by atoms with Crippen LogP contribution in [0.25, 0.3) is 11.0 Å². The van der Waals surface area contributed by atoms with Gasteiger partial charge < -0.3 is 14.8 Å². The molecule has 1 N–H and O–H groups in total. The van der Waals surface area contributed by atoms with E-state index in [2.05, 4.69) is 15.3 Å². The Bertz CT molecular complexity index is 962. The van der Waals surface area contributed by atoms with Crippen LogP contribution in [0.3, 0.4) is 0 Å². The number of halogens is 1. The van der Waals surface area contributed by atoms with Crippen LogP contribution in [0.1, 0.15) is 23.0 Å². The van der Waals surface area contributed by atoms with Gasteiger partial charge in [-0.3, -0.25) is 9.78 Å². The number of hydrogen-bond acceptors (Lipinski definition) is 5. The molecule has 27 heavy (non-hydrogen) atoms. The van der Waals surface area contributed by atoms with Crippen LogP contribution in [-0.2, 0) is 4.74 Å². The molecule has 0 aliphatic carbocycles. The Morgan fingerprint density at radius 1 is 1.19 bits per heavy atom. The van der Waals surface area contributed by atoms with E-state index in [1.165, 1.54) is 12.1 Å². The first-order valence-corrected chi connectivity index (χ1v) is 8.63. The van der Waals surface area contributed by atoms with Crippen molar-refractivity contribution in [3.63, 3.8) is 0 Å². The molecule has 2 heterocycles. The fraction of sp³-hybridized carbons (Fsp3) is 0.250. The number of fused-ring (bicyclic) bond motifs is 1. The monoisotopic (exact) mass is 369 g/mol. The molecule has 1 aromatic carbocycles. The summed E-state index contributed by atoms with van der Waals surface area (Å²) in [6, 6.07) is 9.88. The molecular formula is C20H20FN3O3. The zero-order valence-corrected chi connectivity index (χ0v) is 15.2. The maximum atomic E-state index is 14.6. The van der Waals surface area contributed by atoms with Crippen LogP contribution >= 0.6 is 0 Å². The van der Waals surface area contributed by atoms with Crippen molar-refractivity contribution in [2.24, 2.45) is 0 Å². The van der Waals surface area contributed by atoms with E-state index in [0.717, 1.165) is 0 Å². The van der Waals surface area contributed by atoms with Crippen LogP contribution in [0.5, 0.6) is 5.75 Å². The van der Waals surface area contributed by atoms with E-state index in [-0.39, 0.29) is 23.7 Å². The summed E-state index contributed by atoms with van der Waals surface area (Å²) in [5.41, 5.74) is 2.20. The van der Waals surface area contributed by atoms with Crippen LogP contribution in [0, 0.1) is 12.7 Å². The largest absolute Gasteiger partial charge is 0.488 e. The van der Waals surface area contributed by atoms with Gasteiger partial charge in [0, 0.05) is 12.8 Å². The summed E-state index contributed by atoms with van der Waals surface area (Å²) >= 11 is 0. The van der Waals surface area contributed by atoms with Crippen molar-refractivity contribution in [1.82, 2.24) is 9.97 Å². The minimum Gasteiger partial charge on any atom is -0.488 e. The molecule has 3 rings (SSSR count). The Balaban J connectivity index is 1.79. The Hall–Kier alpha value is -3.06. The Labute approximate surface area is 156 Å². The average molecular weight is 369 g/mol. The molecular weight excluding hydrogens is 349 g/mol. The minimum atomic E-state index is -0.637. The van der Waals surface area contributed by atoms with Crippen molar-refractivity contribution in [2.75, 3.05) is 25.1 Å². The van der Waals surface area contributed by atoms with Crippen molar-refractivity contribution in [3.05, 3.63) is 59.7 Å². The first-order valence-electron chi connectivity index (χ1n) is 8.63. The average Bonchev–Trinajstić information content (AvgIpc) is 2.67. The van der Waals surface area contributed by atoms with E-state index in [1.807, 2.05) is 6.92 Å². The van der Waals surface area contributed by atoms with Gasteiger partial charge in [-0.1, -0.05) is 6.07 Å². The van der Waals surface area contributed by atoms with E-state index in [0.29, 0.717) is 29.8 Å². The van der Waals surface area contributed by atoms with Crippen LogP contribution in [0.15, 0.2) is 42.6 Å². The third-order valence-corrected chi connectivity index (χ3v) is 3.89. The number of aromatic nitrogens is 2. The van der Waals surface area contributed by atoms with Crippen molar-refractivity contribution < 1.29 is 18.7 Å².